The summed E-state index contributed by atoms with van der Waals surface area (Å²) in [6, 6.07) is 5.04. The van der Waals surface area contributed by atoms with Gasteiger partial charge in [-0.15, -0.1) is 36.2 Å². The SMILES string of the molecule is CNCCC1CCN(C(=O)c2csc(-c3cccc(C(F)(F)F)c3)n2)CC1.Cl.Cl. The van der Waals surface area contributed by atoms with Gasteiger partial charge in [0.2, 0.25) is 0 Å². The zero-order valence-electron chi connectivity index (χ0n) is 15.9. The fourth-order valence-corrected chi connectivity index (χ4v) is 4.06. The van der Waals surface area contributed by atoms with Gasteiger partial charge in [0.05, 0.1) is 5.56 Å². The second-order valence-corrected chi connectivity index (χ2v) is 7.60. The maximum Gasteiger partial charge on any atom is 0.416 e. The Morgan fingerprint density at radius 2 is 1.97 bits per heavy atom. The summed E-state index contributed by atoms with van der Waals surface area (Å²) in [5.41, 5.74) is -0.0348. The molecular formula is C19H24Cl2F3N3OS. The van der Waals surface area contributed by atoms with E-state index in [2.05, 4.69) is 10.3 Å². The number of piperidine rings is 1. The molecule has 2 heterocycles. The smallest absolute Gasteiger partial charge is 0.337 e. The van der Waals surface area contributed by atoms with Crippen LogP contribution in [0.5, 0.6) is 0 Å². The van der Waals surface area contributed by atoms with Gasteiger partial charge < -0.3 is 10.2 Å². The van der Waals surface area contributed by atoms with Gasteiger partial charge in [-0.1, -0.05) is 12.1 Å². The Hall–Kier alpha value is -1.35. The highest BCUT2D eigenvalue weighted by molar-refractivity contribution is 7.13. The van der Waals surface area contributed by atoms with Crippen LogP contribution in [0.2, 0.25) is 0 Å². The van der Waals surface area contributed by atoms with Crippen LogP contribution in [0.25, 0.3) is 10.6 Å². The molecule has 29 heavy (non-hydrogen) atoms. The highest BCUT2D eigenvalue weighted by atomic mass is 35.5. The van der Waals surface area contributed by atoms with Crippen LogP contribution in [0.4, 0.5) is 13.2 Å². The molecular weight excluding hydrogens is 446 g/mol. The first kappa shape index (κ1) is 25.7. The number of nitrogens with zero attached hydrogens (tertiary/aromatic N) is 2. The second kappa shape index (κ2) is 11.2. The maximum absolute atomic E-state index is 12.9. The molecule has 4 nitrogen and oxygen atoms in total. The Balaban J connectivity index is 0.00000210. The molecule has 3 rings (SSSR count). The summed E-state index contributed by atoms with van der Waals surface area (Å²) in [5.74, 6) is 0.481. The van der Waals surface area contributed by atoms with E-state index in [0.29, 0.717) is 35.3 Å². The van der Waals surface area contributed by atoms with E-state index in [9.17, 15) is 18.0 Å². The van der Waals surface area contributed by atoms with Gasteiger partial charge in [0.25, 0.3) is 5.91 Å². The van der Waals surface area contributed by atoms with Gasteiger partial charge in [-0.2, -0.15) is 13.2 Å². The third-order valence-corrected chi connectivity index (χ3v) is 5.76. The summed E-state index contributed by atoms with van der Waals surface area (Å²) in [5, 5.41) is 5.20. The number of aromatic nitrogens is 1. The van der Waals surface area contributed by atoms with Crippen LogP contribution in [0.15, 0.2) is 29.6 Å². The van der Waals surface area contributed by atoms with Crippen molar-refractivity contribution in [3.05, 3.63) is 40.9 Å². The van der Waals surface area contributed by atoms with Crippen molar-refractivity contribution in [3.8, 4) is 10.6 Å². The Bertz CT molecular complexity index is 793. The number of hydrogen-bond acceptors (Lipinski definition) is 4. The van der Waals surface area contributed by atoms with Crippen molar-refractivity contribution in [1.29, 1.82) is 0 Å². The highest BCUT2D eigenvalue weighted by Crippen LogP contribution is 2.33. The number of benzene rings is 1. The molecule has 1 amide bonds. The molecule has 1 aromatic carbocycles. The summed E-state index contributed by atoms with van der Waals surface area (Å²) < 4.78 is 38.7. The van der Waals surface area contributed by atoms with Crippen LogP contribution in [-0.4, -0.2) is 42.5 Å². The van der Waals surface area contributed by atoms with Gasteiger partial charge in [0.15, 0.2) is 0 Å². The summed E-state index contributed by atoms with van der Waals surface area (Å²) in [6.07, 6.45) is -1.35. The first-order valence-corrected chi connectivity index (χ1v) is 9.83. The number of likely N-dealkylation sites (tertiary alicyclic amines) is 1. The number of hydrogen-bond donors (Lipinski definition) is 1. The minimum atomic E-state index is -4.40. The lowest BCUT2D eigenvalue weighted by atomic mass is 9.93. The van der Waals surface area contributed by atoms with Gasteiger partial charge in [-0.05, 0) is 50.9 Å². The normalized spacial score (nSPS) is 14.8. The van der Waals surface area contributed by atoms with Crippen molar-refractivity contribution in [2.75, 3.05) is 26.7 Å². The fourth-order valence-electron chi connectivity index (χ4n) is 3.27. The maximum atomic E-state index is 12.9. The summed E-state index contributed by atoms with van der Waals surface area (Å²) in [6.45, 7) is 2.37. The molecule has 0 saturated carbocycles. The molecule has 1 saturated heterocycles. The highest BCUT2D eigenvalue weighted by Gasteiger charge is 2.31. The van der Waals surface area contributed by atoms with Crippen molar-refractivity contribution in [2.24, 2.45) is 5.92 Å². The molecule has 0 radical (unpaired) electrons. The van der Waals surface area contributed by atoms with Crippen LogP contribution >= 0.6 is 36.2 Å². The monoisotopic (exact) mass is 469 g/mol. The summed E-state index contributed by atoms with van der Waals surface area (Å²) >= 11 is 1.19. The van der Waals surface area contributed by atoms with E-state index in [1.807, 2.05) is 7.05 Å². The Morgan fingerprint density at radius 1 is 1.28 bits per heavy atom. The molecule has 1 aromatic heterocycles. The number of nitrogens with one attached hydrogen (secondary N) is 1. The predicted molar refractivity (Wildman–Crippen MR) is 114 cm³/mol. The fraction of sp³-hybridized carbons (Fsp3) is 0.474. The quantitative estimate of drug-likeness (QED) is 0.659. The van der Waals surface area contributed by atoms with Gasteiger partial charge in [0.1, 0.15) is 10.7 Å². The zero-order chi connectivity index (χ0) is 19.4. The summed E-state index contributed by atoms with van der Waals surface area (Å²) in [7, 11) is 1.93. The van der Waals surface area contributed by atoms with E-state index in [4.69, 9.17) is 0 Å². The molecule has 0 atom stereocenters. The van der Waals surface area contributed by atoms with E-state index in [-0.39, 0.29) is 30.7 Å². The lowest BCUT2D eigenvalue weighted by Gasteiger charge is -2.31. The van der Waals surface area contributed by atoms with E-state index in [1.165, 1.54) is 17.4 Å². The largest absolute Gasteiger partial charge is 0.416 e. The number of amides is 1. The first-order valence-electron chi connectivity index (χ1n) is 8.95. The molecule has 2 aromatic rings. The number of rotatable bonds is 5. The van der Waals surface area contributed by atoms with E-state index in [0.717, 1.165) is 37.9 Å². The van der Waals surface area contributed by atoms with E-state index >= 15 is 0 Å². The van der Waals surface area contributed by atoms with Crippen LogP contribution < -0.4 is 5.32 Å². The Labute approximate surface area is 184 Å². The molecule has 1 N–H and O–H groups in total. The van der Waals surface area contributed by atoms with Crippen molar-refractivity contribution in [1.82, 2.24) is 15.2 Å². The van der Waals surface area contributed by atoms with Gasteiger partial charge in [-0.3, -0.25) is 4.79 Å². The molecule has 0 unspecified atom stereocenters. The first-order chi connectivity index (χ1) is 12.9. The Morgan fingerprint density at radius 3 is 2.59 bits per heavy atom. The van der Waals surface area contributed by atoms with Crippen LogP contribution in [0.1, 0.15) is 35.3 Å². The van der Waals surface area contributed by atoms with Crippen LogP contribution in [-0.2, 0) is 6.18 Å². The molecule has 0 bridgehead atoms. The molecule has 1 aliphatic heterocycles. The zero-order valence-corrected chi connectivity index (χ0v) is 18.3. The number of carbonyl (C=O) groups is 1. The number of carbonyl (C=O) groups excluding carboxylic acids is 1. The molecule has 0 aliphatic carbocycles. The Kier molecular flexibility index (Phi) is 9.88. The topological polar surface area (TPSA) is 45.2 Å². The lowest BCUT2D eigenvalue weighted by molar-refractivity contribution is -0.137. The van der Waals surface area contributed by atoms with Gasteiger partial charge in [0, 0.05) is 24.0 Å². The lowest BCUT2D eigenvalue weighted by Crippen LogP contribution is -2.39. The number of alkyl halides is 3. The van der Waals surface area contributed by atoms with Crippen molar-refractivity contribution in [2.45, 2.75) is 25.4 Å². The third-order valence-electron chi connectivity index (χ3n) is 4.86. The van der Waals surface area contributed by atoms with Crippen LogP contribution in [0, 0.1) is 5.92 Å². The molecule has 10 heteroatoms. The van der Waals surface area contributed by atoms with Crippen molar-refractivity contribution in [3.63, 3.8) is 0 Å². The third kappa shape index (κ3) is 6.57. The minimum Gasteiger partial charge on any atom is -0.337 e. The predicted octanol–water partition coefficient (Wildman–Crippen LogP) is 5.13. The number of thiazole rings is 1. The average Bonchev–Trinajstić information content (AvgIpc) is 3.16. The average molecular weight is 470 g/mol. The van der Waals surface area contributed by atoms with Gasteiger partial charge >= 0.3 is 6.18 Å². The molecule has 1 fully saturated rings. The van der Waals surface area contributed by atoms with E-state index in [1.54, 1.807) is 16.3 Å². The minimum absolute atomic E-state index is 0. The molecule has 1 aliphatic rings. The number of halogens is 5. The van der Waals surface area contributed by atoms with Crippen LogP contribution in [0.3, 0.4) is 0 Å². The second-order valence-electron chi connectivity index (χ2n) is 6.74. The van der Waals surface area contributed by atoms with E-state index < -0.39 is 11.7 Å². The standard InChI is InChI=1S/C19H22F3N3OS.2ClH/c1-23-8-5-13-6-9-25(10-7-13)18(26)16-12-27-17(24-16)14-3-2-4-15(11-14)19(20,21)22;;/h2-4,11-13,23H,5-10H2,1H3;2*1H. The van der Waals surface area contributed by atoms with Gasteiger partial charge in [-0.25, -0.2) is 4.98 Å². The van der Waals surface area contributed by atoms with Crippen molar-refractivity contribution >= 4 is 42.1 Å². The molecule has 0 spiro atoms. The van der Waals surface area contributed by atoms with Crippen molar-refractivity contribution < 1.29 is 18.0 Å². The summed E-state index contributed by atoms with van der Waals surface area (Å²) in [4.78, 5) is 18.8. The molecule has 162 valence electrons.